The second-order valence-corrected chi connectivity index (χ2v) is 6.23. The number of nitrogens with zero attached hydrogens (tertiary/aromatic N) is 2. The van der Waals surface area contributed by atoms with E-state index in [2.05, 4.69) is 15.5 Å². The Labute approximate surface area is 119 Å². The summed E-state index contributed by atoms with van der Waals surface area (Å²) < 4.78 is 0. The van der Waals surface area contributed by atoms with Crippen LogP contribution in [0.4, 0.5) is 5.13 Å². The molecule has 1 aliphatic rings. The third kappa shape index (κ3) is 2.79. The highest BCUT2D eigenvalue weighted by atomic mass is 32.2. The Hall–Kier alpha value is -1.40. The number of nitrogens with one attached hydrogen (secondary N) is 1. The minimum absolute atomic E-state index is 0.122. The van der Waals surface area contributed by atoms with Gasteiger partial charge in [0.05, 0.1) is 5.56 Å². The first-order chi connectivity index (χ1) is 9.28. The quantitative estimate of drug-likeness (QED) is 0.877. The Kier molecular flexibility index (Phi) is 3.52. The molecule has 1 N–H and O–H groups in total. The smallest absolute Gasteiger partial charge is 0.258 e. The van der Waals surface area contributed by atoms with Crippen LogP contribution >= 0.6 is 23.1 Å². The van der Waals surface area contributed by atoms with Crippen LogP contribution < -0.4 is 5.32 Å². The van der Waals surface area contributed by atoms with Crippen molar-refractivity contribution in [3.05, 3.63) is 34.8 Å². The van der Waals surface area contributed by atoms with Crippen molar-refractivity contribution < 1.29 is 4.79 Å². The number of aromatic nitrogens is 2. The number of hydrogen-bond donors (Lipinski definition) is 1. The molecular formula is C13H13N3OS2. The lowest BCUT2D eigenvalue weighted by molar-refractivity contribution is 0.102. The van der Waals surface area contributed by atoms with E-state index in [4.69, 9.17) is 0 Å². The highest BCUT2D eigenvalue weighted by molar-refractivity contribution is 7.98. The monoisotopic (exact) mass is 291 g/mol. The SMILES string of the molecule is CSc1ccccc1C(=O)Nc1nnc(C2CC2)s1. The van der Waals surface area contributed by atoms with Crippen LogP contribution in [0.15, 0.2) is 29.2 Å². The number of thioether (sulfide) groups is 1. The van der Waals surface area contributed by atoms with Gasteiger partial charge in [0, 0.05) is 10.8 Å². The molecule has 19 heavy (non-hydrogen) atoms. The van der Waals surface area contributed by atoms with Crippen molar-refractivity contribution in [2.24, 2.45) is 0 Å². The highest BCUT2D eigenvalue weighted by Crippen LogP contribution is 2.42. The summed E-state index contributed by atoms with van der Waals surface area (Å²) in [6.45, 7) is 0. The molecule has 3 rings (SSSR count). The minimum Gasteiger partial charge on any atom is -0.296 e. The average Bonchev–Trinajstić information content (AvgIpc) is 3.19. The van der Waals surface area contributed by atoms with Crippen LogP contribution in [0.5, 0.6) is 0 Å². The zero-order valence-corrected chi connectivity index (χ0v) is 12.1. The molecule has 1 fully saturated rings. The Morgan fingerprint density at radius 3 is 2.89 bits per heavy atom. The Balaban J connectivity index is 1.76. The predicted octanol–water partition coefficient (Wildman–Crippen LogP) is 3.39. The molecule has 1 amide bonds. The molecule has 0 unspecified atom stereocenters. The van der Waals surface area contributed by atoms with Gasteiger partial charge in [-0.05, 0) is 31.2 Å². The number of benzene rings is 1. The Bertz CT molecular complexity index is 607. The van der Waals surface area contributed by atoms with Crippen molar-refractivity contribution in [2.75, 3.05) is 11.6 Å². The maximum Gasteiger partial charge on any atom is 0.258 e. The van der Waals surface area contributed by atoms with E-state index in [1.165, 1.54) is 24.2 Å². The molecule has 1 saturated carbocycles. The summed E-state index contributed by atoms with van der Waals surface area (Å²) in [6, 6.07) is 7.56. The molecule has 1 aliphatic carbocycles. The van der Waals surface area contributed by atoms with Crippen molar-refractivity contribution in [1.82, 2.24) is 10.2 Å². The topological polar surface area (TPSA) is 54.9 Å². The molecule has 0 radical (unpaired) electrons. The highest BCUT2D eigenvalue weighted by Gasteiger charge is 2.27. The van der Waals surface area contributed by atoms with E-state index in [0.29, 0.717) is 16.6 Å². The van der Waals surface area contributed by atoms with E-state index in [1.807, 2.05) is 30.5 Å². The van der Waals surface area contributed by atoms with Gasteiger partial charge in [0.15, 0.2) is 0 Å². The number of carbonyl (C=O) groups is 1. The van der Waals surface area contributed by atoms with Crippen molar-refractivity contribution in [3.63, 3.8) is 0 Å². The zero-order valence-electron chi connectivity index (χ0n) is 10.4. The molecule has 1 aromatic heterocycles. The van der Waals surface area contributed by atoms with Gasteiger partial charge >= 0.3 is 0 Å². The van der Waals surface area contributed by atoms with Gasteiger partial charge in [-0.2, -0.15) is 0 Å². The molecule has 0 spiro atoms. The Morgan fingerprint density at radius 2 is 2.16 bits per heavy atom. The first-order valence-electron chi connectivity index (χ1n) is 6.05. The average molecular weight is 291 g/mol. The summed E-state index contributed by atoms with van der Waals surface area (Å²) in [5.74, 6) is 0.449. The molecule has 1 heterocycles. The number of amides is 1. The van der Waals surface area contributed by atoms with Crippen LogP contribution in [-0.4, -0.2) is 22.4 Å². The van der Waals surface area contributed by atoms with Crippen LogP contribution in [0.25, 0.3) is 0 Å². The van der Waals surface area contributed by atoms with Crippen molar-refractivity contribution in [3.8, 4) is 0 Å². The van der Waals surface area contributed by atoms with E-state index >= 15 is 0 Å². The fraction of sp³-hybridized carbons (Fsp3) is 0.308. The Morgan fingerprint density at radius 1 is 1.37 bits per heavy atom. The summed E-state index contributed by atoms with van der Waals surface area (Å²) in [7, 11) is 0. The second kappa shape index (κ2) is 5.30. The standard InChI is InChI=1S/C13H13N3OS2/c1-18-10-5-3-2-4-9(10)11(17)14-13-16-15-12(19-13)8-6-7-8/h2-5,8H,6-7H2,1H3,(H,14,16,17). The van der Waals surface area contributed by atoms with Gasteiger partial charge in [-0.25, -0.2) is 0 Å². The van der Waals surface area contributed by atoms with Crippen LogP contribution in [0.2, 0.25) is 0 Å². The minimum atomic E-state index is -0.122. The summed E-state index contributed by atoms with van der Waals surface area (Å²) in [4.78, 5) is 13.2. The molecular weight excluding hydrogens is 278 g/mol. The lowest BCUT2D eigenvalue weighted by Gasteiger charge is -2.05. The molecule has 4 nitrogen and oxygen atoms in total. The van der Waals surface area contributed by atoms with Crippen molar-refractivity contribution in [1.29, 1.82) is 0 Å². The van der Waals surface area contributed by atoms with Crippen LogP contribution in [0.1, 0.15) is 34.1 Å². The summed E-state index contributed by atoms with van der Waals surface area (Å²) in [5, 5.41) is 12.6. The number of carbonyl (C=O) groups excluding carboxylic acids is 1. The van der Waals surface area contributed by atoms with Gasteiger partial charge in [0.25, 0.3) is 5.91 Å². The third-order valence-corrected chi connectivity index (χ3v) is 4.74. The molecule has 2 aromatic rings. The first kappa shape index (κ1) is 12.6. The third-order valence-electron chi connectivity index (χ3n) is 2.94. The van der Waals surface area contributed by atoms with Gasteiger partial charge in [-0.1, -0.05) is 23.5 Å². The van der Waals surface area contributed by atoms with E-state index in [0.717, 1.165) is 9.90 Å². The van der Waals surface area contributed by atoms with E-state index in [1.54, 1.807) is 11.8 Å². The largest absolute Gasteiger partial charge is 0.296 e. The number of anilines is 1. The van der Waals surface area contributed by atoms with E-state index in [-0.39, 0.29) is 5.91 Å². The van der Waals surface area contributed by atoms with Gasteiger partial charge < -0.3 is 0 Å². The van der Waals surface area contributed by atoms with Crippen LogP contribution in [0.3, 0.4) is 0 Å². The van der Waals surface area contributed by atoms with Gasteiger partial charge in [0.2, 0.25) is 5.13 Å². The zero-order chi connectivity index (χ0) is 13.2. The van der Waals surface area contributed by atoms with Crippen molar-refractivity contribution in [2.45, 2.75) is 23.7 Å². The molecule has 1 aromatic carbocycles. The van der Waals surface area contributed by atoms with Crippen molar-refractivity contribution >= 4 is 34.1 Å². The molecule has 0 aliphatic heterocycles. The maximum absolute atomic E-state index is 12.2. The molecule has 0 saturated heterocycles. The molecule has 98 valence electrons. The molecule has 0 atom stereocenters. The fourth-order valence-corrected chi connectivity index (χ4v) is 3.28. The fourth-order valence-electron chi connectivity index (χ4n) is 1.78. The van der Waals surface area contributed by atoms with E-state index in [9.17, 15) is 4.79 Å². The maximum atomic E-state index is 12.2. The second-order valence-electron chi connectivity index (χ2n) is 4.37. The summed E-state index contributed by atoms with van der Waals surface area (Å²) >= 11 is 3.04. The van der Waals surface area contributed by atoms with Crippen LogP contribution in [0, 0.1) is 0 Å². The normalized spacial score (nSPS) is 14.4. The number of rotatable bonds is 4. The van der Waals surface area contributed by atoms with Gasteiger partial charge in [-0.3, -0.25) is 10.1 Å². The molecule has 6 heteroatoms. The number of hydrogen-bond acceptors (Lipinski definition) is 5. The summed E-state index contributed by atoms with van der Waals surface area (Å²) in [6.07, 6.45) is 4.35. The summed E-state index contributed by atoms with van der Waals surface area (Å²) in [5.41, 5.74) is 0.679. The first-order valence-corrected chi connectivity index (χ1v) is 8.10. The lowest BCUT2D eigenvalue weighted by atomic mass is 10.2. The van der Waals surface area contributed by atoms with Crippen LogP contribution in [-0.2, 0) is 0 Å². The lowest BCUT2D eigenvalue weighted by Crippen LogP contribution is -2.12. The predicted molar refractivity (Wildman–Crippen MR) is 78.1 cm³/mol. The van der Waals surface area contributed by atoms with Gasteiger partial charge in [0.1, 0.15) is 5.01 Å². The molecule has 0 bridgehead atoms. The van der Waals surface area contributed by atoms with E-state index < -0.39 is 0 Å². The van der Waals surface area contributed by atoms with Gasteiger partial charge in [-0.15, -0.1) is 22.0 Å².